The van der Waals surface area contributed by atoms with Crippen LogP contribution < -0.4 is 0 Å². The zero-order valence-corrected chi connectivity index (χ0v) is 15.2. The van der Waals surface area contributed by atoms with Gasteiger partial charge >= 0.3 is 12.1 Å². The van der Waals surface area contributed by atoms with E-state index in [0.29, 0.717) is 11.2 Å². The first-order chi connectivity index (χ1) is 13.2. The lowest BCUT2D eigenvalue weighted by molar-refractivity contribution is -0.141. The Labute approximate surface area is 158 Å². The molecule has 3 aromatic rings. The maximum absolute atomic E-state index is 12.7. The van der Waals surface area contributed by atoms with E-state index in [1.54, 1.807) is 18.2 Å². The molecule has 5 nitrogen and oxygen atoms in total. The van der Waals surface area contributed by atoms with Gasteiger partial charge in [0.1, 0.15) is 12.2 Å². The summed E-state index contributed by atoms with van der Waals surface area (Å²) < 4.78 is 44.1. The van der Waals surface area contributed by atoms with Gasteiger partial charge in [0.05, 0.1) is 5.52 Å². The summed E-state index contributed by atoms with van der Waals surface area (Å²) >= 11 is 0. The first-order valence-electron chi connectivity index (χ1n) is 8.45. The van der Waals surface area contributed by atoms with Crippen LogP contribution in [0.1, 0.15) is 32.2 Å². The second-order valence-electron chi connectivity index (χ2n) is 6.37. The summed E-state index contributed by atoms with van der Waals surface area (Å²) in [5.74, 6) is -1.35. The Balaban J connectivity index is 1.71. The number of carbonyl (C=O) groups is 2. The molecule has 0 saturated heterocycles. The second-order valence-corrected chi connectivity index (χ2v) is 6.37. The van der Waals surface area contributed by atoms with Crippen molar-refractivity contribution in [3.05, 3.63) is 65.1 Å². The molecule has 3 rings (SSSR count). The molecule has 2 aromatic heterocycles. The molecule has 0 radical (unpaired) electrons. The van der Waals surface area contributed by atoms with Gasteiger partial charge in [-0.3, -0.25) is 4.79 Å². The van der Waals surface area contributed by atoms with Gasteiger partial charge in [0.15, 0.2) is 6.61 Å². The van der Waals surface area contributed by atoms with E-state index in [1.807, 2.05) is 12.1 Å². The van der Waals surface area contributed by atoms with E-state index >= 15 is 0 Å². The lowest BCUT2D eigenvalue weighted by Gasteiger charge is -2.12. The number of nitrogens with zero attached hydrogens (tertiary/aromatic N) is 2. The lowest BCUT2D eigenvalue weighted by atomic mass is 10.1. The van der Waals surface area contributed by atoms with Gasteiger partial charge in [0, 0.05) is 22.3 Å². The van der Waals surface area contributed by atoms with Crippen LogP contribution in [-0.2, 0) is 11.3 Å². The van der Waals surface area contributed by atoms with E-state index < -0.39 is 31.1 Å². The maximum atomic E-state index is 12.7. The second kappa shape index (κ2) is 7.46. The Morgan fingerprint density at radius 3 is 2.54 bits per heavy atom. The molecular weight excluding hydrogens is 373 g/mol. The molecule has 146 valence electrons. The zero-order chi connectivity index (χ0) is 20.5. The number of aryl methyl sites for hydroxylation is 1. The number of pyridine rings is 1. The molecule has 2 heterocycles. The fraction of sp³-hybridized carbons (Fsp3) is 0.250. The fourth-order valence-electron chi connectivity index (χ4n) is 2.97. The first-order valence-corrected chi connectivity index (χ1v) is 8.45. The highest BCUT2D eigenvalue weighted by atomic mass is 19.4. The maximum Gasteiger partial charge on any atom is 0.406 e. The van der Waals surface area contributed by atoms with Crippen LogP contribution in [0.2, 0.25) is 0 Å². The number of ether oxygens (including phenoxy) is 1. The molecule has 0 bridgehead atoms. The van der Waals surface area contributed by atoms with E-state index in [0.717, 1.165) is 9.95 Å². The van der Waals surface area contributed by atoms with Crippen LogP contribution in [0.3, 0.4) is 0 Å². The molecule has 0 aliphatic carbocycles. The Morgan fingerprint density at radius 1 is 1.11 bits per heavy atom. The fourth-order valence-corrected chi connectivity index (χ4v) is 2.97. The molecular formula is C20H17F3N2O3. The summed E-state index contributed by atoms with van der Waals surface area (Å²) in [5, 5.41) is 0.854. The van der Waals surface area contributed by atoms with Crippen molar-refractivity contribution in [3.63, 3.8) is 0 Å². The lowest BCUT2D eigenvalue weighted by Crippen LogP contribution is -2.20. The number of hydrogen-bond donors (Lipinski definition) is 0. The van der Waals surface area contributed by atoms with Gasteiger partial charge in [0.25, 0.3) is 0 Å². The van der Waals surface area contributed by atoms with Gasteiger partial charge < -0.3 is 9.30 Å². The van der Waals surface area contributed by atoms with E-state index in [1.165, 1.54) is 26.0 Å². The monoisotopic (exact) mass is 390 g/mol. The third-order valence-electron chi connectivity index (χ3n) is 4.35. The number of fused-ring (bicyclic) bond motifs is 1. The van der Waals surface area contributed by atoms with E-state index in [9.17, 15) is 22.8 Å². The van der Waals surface area contributed by atoms with Gasteiger partial charge in [-0.05, 0) is 32.0 Å². The number of Topliss-reactive ketones (excluding diaryl/α,β-unsaturated/α-hetero) is 1. The van der Waals surface area contributed by atoms with Crippen molar-refractivity contribution < 1.29 is 27.5 Å². The smallest absolute Gasteiger partial charge is 0.406 e. The molecule has 8 heteroatoms. The van der Waals surface area contributed by atoms with Crippen LogP contribution in [0, 0.1) is 13.8 Å². The number of ketones is 1. The molecule has 0 spiro atoms. The number of benzene rings is 1. The Kier molecular flexibility index (Phi) is 5.22. The SMILES string of the molecule is Cc1cc(C(=O)COC(=O)c2ccc3ccccc3n2)c(C)n1CC(F)(F)F. The predicted octanol–water partition coefficient (Wildman–Crippen LogP) is 4.26. The summed E-state index contributed by atoms with van der Waals surface area (Å²) in [6.45, 7) is 1.15. The number of aromatic nitrogens is 2. The summed E-state index contributed by atoms with van der Waals surface area (Å²) in [5.41, 5.74) is 1.24. The van der Waals surface area contributed by atoms with Gasteiger partial charge in [-0.2, -0.15) is 13.2 Å². The normalized spacial score (nSPS) is 11.6. The van der Waals surface area contributed by atoms with Crippen molar-refractivity contribution in [2.24, 2.45) is 0 Å². The van der Waals surface area contributed by atoms with Crippen molar-refractivity contribution in [1.29, 1.82) is 0 Å². The zero-order valence-electron chi connectivity index (χ0n) is 15.2. The molecule has 0 aliphatic heterocycles. The summed E-state index contributed by atoms with van der Waals surface area (Å²) in [6.07, 6.45) is -4.40. The van der Waals surface area contributed by atoms with Crippen LogP contribution in [0.4, 0.5) is 13.2 Å². The Morgan fingerprint density at radius 2 is 1.82 bits per heavy atom. The average Bonchev–Trinajstić information content (AvgIpc) is 2.92. The van der Waals surface area contributed by atoms with Crippen LogP contribution in [0.5, 0.6) is 0 Å². The van der Waals surface area contributed by atoms with Crippen molar-refractivity contribution in [2.75, 3.05) is 6.61 Å². The Bertz CT molecular complexity index is 1050. The van der Waals surface area contributed by atoms with Gasteiger partial charge in [-0.25, -0.2) is 9.78 Å². The quantitative estimate of drug-likeness (QED) is 0.483. The average molecular weight is 390 g/mol. The molecule has 1 aromatic carbocycles. The van der Waals surface area contributed by atoms with Gasteiger partial charge in [-0.15, -0.1) is 0 Å². The molecule has 0 N–H and O–H groups in total. The molecule has 28 heavy (non-hydrogen) atoms. The van der Waals surface area contributed by atoms with Gasteiger partial charge in [0.2, 0.25) is 5.78 Å². The number of esters is 1. The van der Waals surface area contributed by atoms with Crippen molar-refractivity contribution in [1.82, 2.24) is 9.55 Å². The van der Waals surface area contributed by atoms with E-state index in [4.69, 9.17) is 4.74 Å². The number of carbonyl (C=O) groups excluding carboxylic acids is 2. The largest absolute Gasteiger partial charge is 0.453 e. The number of hydrogen-bond acceptors (Lipinski definition) is 4. The molecule has 0 saturated carbocycles. The van der Waals surface area contributed by atoms with Crippen LogP contribution in [0.25, 0.3) is 10.9 Å². The predicted molar refractivity (Wildman–Crippen MR) is 96.3 cm³/mol. The molecule has 0 aliphatic rings. The van der Waals surface area contributed by atoms with E-state index in [2.05, 4.69) is 4.98 Å². The summed E-state index contributed by atoms with van der Waals surface area (Å²) in [4.78, 5) is 28.7. The Hall–Kier alpha value is -3.16. The molecule has 0 fully saturated rings. The minimum Gasteiger partial charge on any atom is -0.453 e. The highest BCUT2D eigenvalue weighted by Gasteiger charge is 2.30. The number of para-hydroxylation sites is 1. The van der Waals surface area contributed by atoms with Crippen molar-refractivity contribution >= 4 is 22.7 Å². The van der Waals surface area contributed by atoms with Crippen molar-refractivity contribution in [3.8, 4) is 0 Å². The molecule has 0 atom stereocenters. The molecule has 0 amide bonds. The van der Waals surface area contributed by atoms with Crippen molar-refractivity contribution in [2.45, 2.75) is 26.6 Å². The highest BCUT2D eigenvalue weighted by Crippen LogP contribution is 2.23. The minimum absolute atomic E-state index is 0.0500. The third kappa shape index (κ3) is 4.21. The summed E-state index contributed by atoms with van der Waals surface area (Å²) in [7, 11) is 0. The standard InChI is InChI=1S/C20H17F3N2O3/c1-12-9-15(13(2)25(12)11-20(21,22)23)18(26)10-28-19(27)17-8-7-14-5-3-4-6-16(14)24-17/h3-9H,10-11H2,1-2H3. The molecule has 0 unspecified atom stereocenters. The minimum atomic E-state index is -4.40. The van der Waals surface area contributed by atoms with E-state index in [-0.39, 0.29) is 17.0 Å². The third-order valence-corrected chi connectivity index (χ3v) is 4.35. The van der Waals surface area contributed by atoms with Crippen LogP contribution >= 0.6 is 0 Å². The highest BCUT2D eigenvalue weighted by molar-refractivity contribution is 6.00. The number of rotatable bonds is 5. The summed E-state index contributed by atoms with van der Waals surface area (Å²) in [6, 6.07) is 11.8. The number of alkyl halides is 3. The van der Waals surface area contributed by atoms with Crippen LogP contribution in [-0.4, -0.2) is 34.1 Å². The van der Waals surface area contributed by atoms with Gasteiger partial charge in [-0.1, -0.05) is 24.3 Å². The van der Waals surface area contributed by atoms with Crippen LogP contribution in [0.15, 0.2) is 42.5 Å². The number of halogens is 3. The topological polar surface area (TPSA) is 61.2 Å². The first kappa shape index (κ1) is 19.6.